The molecule has 0 radical (unpaired) electrons. The van der Waals surface area contributed by atoms with Crippen molar-refractivity contribution < 1.29 is 15.0 Å². The third kappa shape index (κ3) is 1.90. The Kier molecular flexibility index (Phi) is 3.16. The molecule has 1 unspecified atom stereocenters. The SMILES string of the molecule is Cc1ccc(C(C)C(=O)O)c(O)c1Br. The van der Waals surface area contributed by atoms with E-state index in [4.69, 9.17) is 5.11 Å². The standard InChI is InChI=1S/C10H11BrO3/c1-5-3-4-7(6(2)10(13)14)9(12)8(5)11/h3-4,6,12H,1-2H3,(H,13,14). The van der Waals surface area contributed by atoms with E-state index < -0.39 is 11.9 Å². The molecule has 2 N–H and O–H groups in total. The molecule has 14 heavy (non-hydrogen) atoms. The molecule has 1 aromatic carbocycles. The number of carboxylic acids is 1. The number of carbonyl (C=O) groups is 1. The van der Waals surface area contributed by atoms with Crippen molar-refractivity contribution in [1.29, 1.82) is 0 Å². The number of aryl methyl sites for hydroxylation is 1. The Balaban J connectivity index is 3.24. The van der Waals surface area contributed by atoms with Crippen molar-refractivity contribution in [1.82, 2.24) is 0 Å². The van der Waals surface area contributed by atoms with E-state index in [0.29, 0.717) is 10.0 Å². The molecule has 1 aromatic rings. The fourth-order valence-electron chi connectivity index (χ4n) is 1.16. The van der Waals surface area contributed by atoms with Crippen LogP contribution in [0.1, 0.15) is 24.0 Å². The first kappa shape index (κ1) is 11.0. The van der Waals surface area contributed by atoms with Crippen molar-refractivity contribution in [2.45, 2.75) is 19.8 Å². The number of phenols is 1. The Morgan fingerprint density at radius 1 is 1.50 bits per heavy atom. The maximum Gasteiger partial charge on any atom is 0.310 e. The van der Waals surface area contributed by atoms with Crippen LogP contribution in [0.2, 0.25) is 0 Å². The predicted molar refractivity (Wildman–Crippen MR) is 56.6 cm³/mol. The van der Waals surface area contributed by atoms with Gasteiger partial charge in [-0.05, 0) is 35.3 Å². The Morgan fingerprint density at radius 3 is 2.57 bits per heavy atom. The van der Waals surface area contributed by atoms with Gasteiger partial charge in [-0.1, -0.05) is 12.1 Å². The van der Waals surface area contributed by atoms with Gasteiger partial charge in [-0.3, -0.25) is 4.79 Å². The van der Waals surface area contributed by atoms with Gasteiger partial charge in [0, 0.05) is 5.56 Å². The minimum absolute atomic E-state index is 0.0138. The number of carboxylic acid groups (broad SMARTS) is 1. The van der Waals surface area contributed by atoms with Crippen LogP contribution in [0.15, 0.2) is 16.6 Å². The van der Waals surface area contributed by atoms with Gasteiger partial charge in [-0.2, -0.15) is 0 Å². The Labute approximate surface area is 90.5 Å². The van der Waals surface area contributed by atoms with Gasteiger partial charge in [0.2, 0.25) is 0 Å². The summed E-state index contributed by atoms with van der Waals surface area (Å²) in [5.41, 5.74) is 1.30. The van der Waals surface area contributed by atoms with Crippen LogP contribution in [0.25, 0.3) is 0 Å². The zero-order valence-electron chi connectivity index (χ0n) is 7.91. The van der Waals surface area contributed by atoms with E-state index in [1.807, 2.05) is 6.92 Å². The molecule has 0 aliphatic carbocycles. The first-order chi connectivity index (χ1) is 6.45. The van der Waals surface area contributed by atoms with Crippen molar-refractivity contribution >= 4 is 21.9 Å². The average molecular weight is 259 g/mol. The van der Waals surface area contributed by atoms with Crippen LogP contribution in [-0.4, -0.2) is 16.2 Å². The van der Waals surface area contributed by atoms with Crippen LogP contribution < -0.4 is 0 Å². The Hall–Kier alpha value is -1.03. The van der Waals surface area contributed by atoms with Crippen molar-refractivity contribution in [2.75, 3.05) is 0 Å². The van der Waals surface area contributed by atoms with E-state index in [0.717, 1.165) is 5.56 Å². The highest BCUT2D eigenvalue weighted by Crippen LogP contribution is 2.35. The molecule has 0 bridgehead atoms. The molecule has 0 fully saturated rings. The van der Waals surface area contributed by atoms with Crippen LogP contribution in [0.4, 0.5) is 0 Å². The van der Waals surface area contributed by atoms with E-state index in [-0.39, 0.29) is 5.75 Å². The summed E-state index contributed by atoms with van der Waals surface area (Å²) in [7, 11) is 0. The molecule has 3 nitrogen and oxygen atoms in total. The highest BCUT2D eigenvalue weighted by Gasteiger charge is 2.19. The maximum atomic E-state index is 10.7. The summed E-state index contributed by atoms with van der Waals surface area (Å²) >= 11 is 3.20. The molecule has 0 saturated carbocycles. The van der Waals surface area contributed by atoms with E-state index in [2.05, 4.69) is 15.9 Å². The van der Waals surface area contributed by atoms with Gasteiger partial charge in [0.15, 0.2) is 0 Å². The van der Waals surface area contributed by atoms with Crippen LogP contribution in [-0.2, 0) is 4.79 Å². The highest BCUT2D eigenvalue weighted by atomic mass is 79.9. The van der Waals surface area contributed by atoms with E-state index in [9.17, 15) is 9.90 Å². The number of hydrogen-bond donors (Lipinski definition) is 2. The maximum absolute atomic E-state index is 10.7. The van der Waals surface area contributed by atoms with Crippen molar-refractivity contribution in [2.24, 2.45) is 0 Å². The topological polar surface area (TPSA) is 57.5 Å². The summed E-state index contributed by atoms with van der Waals surface area (Å²) in [4.78, 5) is 10.7. The number of hydrogen-bond acceptors (Lipinski definition) is 2. The minimum atomic E-state index is -0.948. The summed E-state index contributed by atoms with van der Waals surface area (Å²) in [6.07, 6.45) is 0. The third-order valence-electron chi connectivity index (χ3n) is 2.18. The van der Waals surface area contributed by atoms with Gasteiger partial charge in [0.05, 0.1) is 10.4 Å². The molecule has 0 spiro atoms. The molecule has 0 aromatic heterocycles. The summed E-state index contributed by atoms with van der Waals surface area (Å²) in [6.45, 7) is 3.37. The molecule has 0 aliphatic heterocycles. The van der Waals surface area contributed by atoms with Crippen LogP contribution in [0.3, 0.4) is 0 Å². The largest absolute Gasteiger partial charge is 0.506 e. The molecule has 0 heterocycles. The average Bonchev–Trinajstić information content (AvgIpc) is 2.13. The number of aromatic hydroxyl groups is 1. The van der Waals surface area contributed by atoms with E-state index in [1.54, 1.807) is 19.1 Å². The van der Waals surface area contributed by atoms with E-state index >= 15 is 0 Å². The fraction of sp³-hybridized carbons (Fsp3) is 0.300. The summed E-state index contributed by atoms with van der Waals surface area (Å²) in [5.74, 6) is -1.64. The van der Waals surface area contributed by atoms with Crippen molar-refractivity contribution in [3.63, 3.8) is 0 Å². The lowest BCUT2D eigenvalue weighted by atomic mass is 9.99. The number of phenolic OH excluding ortho intramolecular Hbond substituents is 1. The highest BCUT2D eigenvalue weighted by molar-refractivity contribution is 9.10. The lowest BCUT2D eigenvalue weighted by Gasteiger charge is -2.11. The second-order valence-corrected chi connectivity index (χ2v) is 3.99. The van der Waals surface area contributed by atoms with Gasteiger partial charge in [0.25, 0.3) is 0 Å². The van der Waals surface area contributed by atoms with Gasteiger partial charge in [-0.25, -0.2) is 0 Å². The molecule has 0 aliphatic rings. The molecule has 1 atom stereocenters. The molecule has 1 rings (SSSR count). The molecular weight excluding hydrogens is 248 g/mol. The fourth-order valence-corrected chi connectivity index (χ4v) is 1.52. The monoisotopic (exact) mass is 258 g/mol. The number of halogens is 1. The molecule has 0 saturated heterocycles. The Bertz CT molecular complexity index is 374. The summed E-state index contributed by atoms with van der Waals surface area (Å²) in [5, 5.41) is 18.5. The number of benzene rings is 1. The predicted octanol–water partition coefficient (Wildman–Crippen LogP) is 2.65. The zero-order chi connectivity index (χ0) is 10.9. The molecular formula is C10H11BrO3. The lowest BCUT2D eigenvalue weighted by Crippen LogP contribution is -2.07. The Morgan fingerprint density at radius 2 is 2.07 bits per heavy atom. The van der Waals surface area contributed by atoms with E-state index in [1.165, 1.54) is 0 Å². The smallest absolute Gasteiger partial charge is 0.310 e. The second kappa shape index (κ2) is 4.00. The molecule has 0 amide bonds. The number of aliphatic carboxylic acids is 1. The summed E-state index contributed by atoms with van der Waals surface area (Å²) < 4.78 is 0.558. The minimum Gasteiger partial charge on any atom is -0.506 e. The normalized spacial score (nSPS) is 12.5. The van der Waals surface area contributed by atoms with Crippen LogP contribution >= 0.6 is 15.9 Å². The molecule has 76 valence electrons. The van der Waals surface area contributed by atoms with Crippen molar-refractivity contribution in [3.8, 4) is 5.75 Å². The van der Waals surface area contributed by atoms with Gasteiger partial charge >= 0.3 is 5.97 Å². The van der Waals surface area contributed by atoms with Crippen molar-refractivity contribution in [3.05, 3.63) is 27.7 Å². The van der Waals surface area contributed by atoms with Gasteiger partial charge < -0.3 is 10.2 Å². The third-order valence-corrected chi connectivity index (χ3v) is 3.18. The first-order valence-corrected chi connectivity index (χ1v) is 4.95. The van der Waals surface area contributed by atoms with Gasteiger partial charge in [0.1, 0.15) is 5.75 Å². The van der Waals surface area contributed by atoms with Crippen LogP contribution in [0, 0.1) is 6.92 Å². The van der Waals surface area contributed by atoms with Crippen LogP contribution in [0.5, 0.6) is 5.75 Å². The lowest BCUT2D eigenvalue weighted by molar-refractivity contribution is -0.138. The summed E-state index contributed by atoms with van der Waals surface area (Å²) in [6, 6.07) is 3.41. The zero-order valence-corrected chi connectivity index (χ0v) is 9.50. The first-order valence-electron chi connectivity index (χ1n) is 4.16. The van der Waals surface area contributed by atoms with Gasteiger partial charge in [-0.15, -0.1) is 0 Å². The quantitative estimate of drug-likeness (QED) is 0.858. The second-order valence-electron chi connectivity index (χ2n) is 3.19. The number of rotatable bonds is 2. The molecule has 4 heteroatoms.